The Hall–Kier alpha value is -3.13. The molecule has 1 heterocycles. The first-order chi connectivity index (χ1) is 12.4. The average molecular weight is 324 g/mol. The highest BCUT2D eigenvalue weighted by atomic mass is 14.9. The Bertz CT molecular complexity index is 949. The zero-order valence-electron chi connectivity index (χ0n) is 14.0. The zero-order chi connectivity index (χ0) is 16.9. The van der Waals surface area contributed by atoms with E-state index in [0.29, 0.717) is 0 Å². The van der Waals surface area contributed by atoms with Crippen LogP contribution in [0.25, 0.3) is 10.9 Å². The molecule has 4 rings (SSSR count). The Balaban J connectivity index is 1.65. The molecule has 0 amide bonds. The molecule has 0 fully saturated rings. The maximum atomic E-state index is 4.84. The van der Waals surface area contributed by atoms with Crippen LogP contribution in [-0.2, 0) is 6.42 Å². The number of nitrogens with one attached hydrogen (secondary N) is 1. The Kier molecular flexibility index (Phi) is 4.42. The summed E-state index contributed by atoms with van der Waals surface area (Å²) in [6, 6.07) is 33.6. The molecule has 122 valence electrons. The second-order valence-corrected chi connectivity index (χ2v) is 6.17. The minimum absolute atomic E-state index is 0.178. The van der Waals surface area contributed by atoms with Crippen molar-refractivity contribution in [2.24, 2.45) is 0 Å². The summed E-state index contributed by atoms with van der Waals surface area (Å²) in [5.74, 6) is 0. The minimum Gasteiger partial charge on any atom is -0.378 e. The van der Waals surface area contributed by atoms with Crippen molar-refractivity contribution in [3.05, 3.63) is 108 Å². The molecule has 0 saturated carbocycles. The van der Waals surface area contributed by atoms with Crippen LogP contribution in [-0.4, -0.2) is 4.98 Å². The molecular weight excluding hydrogens is 304 g/mol. The van der Waals surface area contributed by atoms with E-state index in [1.54, 1.807) is 0 Å². The number of pyridine rings is 1. The van der Waals surface area contributed by atoms with Crippen molar-refractivity contribution in [2.75, 3.05) is 5.32 Å². The highest BCUT2D eigenvalue weighted by Gasteiger charge is 2.13. The molecule has 4 aromatic rings. The molecular formula is C23H20N2. The fourth-order valence-electron chi connectivity index (χ4n) is 3.10. The summed E-state index contributed by atoms with van der Waals surface area (Å²) in [6.45, 7) is 0. The van der Waals surface area contributed by atoms with Crippen molar-refractivity contribution in [1.29, 1.82) is 0 Å². The molecule has 25 heavy (non-hydrogen) atoms. The Morgan fingerprint density at radius 3 is 2.16 bits per heavy atom. The van der Waals surface area contributed by atoms with Gasteiger partial charge in [-0.1, -0.05) is 72.8 Å². The van der Waals surface area contributed by atoms with Crippen molar-refractivity contribution < 1.29 is 0 Å². The molecule has 3 aromatic carbocycles. The van der Waals surface area contributed by atoms with Crippen molar-refractivity contribution in [3.63, 3.8) is 0 Å². The monoisotopic (exact) mass is 324 g/mol. The van der Waals surface area contributed by atoms with Gasteiger partial charge in [0.15, 0.2) is 0 Å². The summed E-state index contributed by atoms with van der Waals surface area (Å²) < 4.78 is 0. The predicted octanol–water partition coefficient (Wildman–Crippen LogP) is 5.63. The van der Waals surface area contributed by atoms with Gasteiger partial charge in [-0.2, -0.15) is 0 Å². The lowest BCUT2D eigenvalue weighted by Gasteiger charge is -2.20. The van der Waals surface area contributed by atoms with E-state index in [-0.39, 0.29) is 6.04 Å². The number of nitrogens with zero attached hydrogens (tertiary/aromatic N) is 1. The van der Waals surface area contributed by atoms with Gasteiger partial charge in [-0.25, -0.2) is 0 Å². The fourth-order valence-corrected chi connectivity index (χ4v) is 3.10. The molecule has 2 nitrogen and oxygen atoms in total. The van der Waals surface area contributed by atoms with Crippen LogP contribution in [0.4, 0.5) is 5.69 Å². The topological polar surface area (TPSA) is 24.9 Å². The maximum absolute atomic E-state index is 4.84. The molecule has 0 bridgehead atoms. The van der Waals surface area contributed by atoms with Crippen LogP contribution in [0.15, 0.2) is 97.1 Å². The summed E-state index contributed by atoms with van der Waals surface area (Å²) in [5.41, 5.74) is 4.53. The second kappa shape index (κ2) is 7.18. The molecule has 1 unspecified atom stereocenters. The van der Waals surface area contributed by atoms with Gasteiger partial charge >= 0.3 is 0 Å². The average Bonchev–Trinajstić information content (AvgIpc) is 2.69. The van der Waals surface area contributed by atoms with Gasteiger partial charge in [-0.05, 0) is 29.8 Å². The summed E-state index contributed by atoms with van der Waals surface area (Å²) in [5, 5.41) is 4.83. The predicted molar refractivity (Wildman–Crippen MR) is 105 cm³/mol. The highest BCUT2D eigenvalue weighted by Crippen LogP contribution is 2.24. The number of para-hydroxylation sites is 2. The second-order valence-electron chi connectivity index (χ2n) is 6.17. The first-order valence-corrected chi connectivity index (χ1v) is 8.60. The van der Waals surface area contributed by atoms with Crippen LogP contribution in [0.3, 0.4) is 0 Å². The number of fused-ring (bicyclic) bond motifs is 1. The van der Waals surface area contributed by atoms with Gasteiger partial charge in [0.05, 0.1) is 11.6 Å². The van der Waals surface area contributed by atoms with Gasteiger partial charge in [-0.15, -0.1) is 0 Å². The van der Waals surface area contributed by atoms with Gasteiger partial charge in [0.25, 0.3) is 0 Å². The lowest BCUT2D eigenvalue weighted by atomic mass is 10.0. The van der Waals surface area contributed by atoms with Gasteiger partial charge in [0, 0.05) is 23.2 Å². The van der Waals surface area contributed by atoms with E-state index in [2.05, 4.69) is 84.2 Å². The number of hydrogen-bond acceptors (Lipinski definition) is 2. The van der Waals surface area contributed by atoms with E-state index in [1.165, 1.54) is 10.9 Å². The van der Waals surface area contributed by atoms with E-state index in [9.17, 15) is 0 Å². The molecule has 0 radical (unpaired) electrons. The Morgan fingerprint density at radius 1 is 0.680 bits per heavy atom. The lowest BCUT2D eigenvalue weighted by Crippen LogP contribution is -2.14. The number of anilines is 1. The molecule has 0 aliphatic heterocycles. The van der Waals surface area contributed by atoms with Gasteiger partial charge in [0.1, 0.15) is 0 Å². The molecule has 1 atom stereocenters. The lowest BCUT2D eigenvalue weighted by molar-refractivity contribution is 0.759. The number of hydrogen-bond donors (Lipinski definition) is 1. The Labute approximate surface area is 148 Å². The number of rotatable bonds is 5. The zero-order valence-corrected chi connectivity index (χ0v) is 14.0. The molecule has 0 spiro atoms. The summed E-state index contributed by atoms with van der Waals surface area (Å²) in [6.07, 6.45) is 0.837. The molecule has 1 aromatic heterocycles. The fraction of sp³-hybridized carbons (Fsp3) is 0.0870. The standard InChI is InChI=1S/C23H20N2/c1-3-9-18(10-4-1)23(24-20-12-5-2-6-13-20)17-21-16-15-19-11-7-8-14-22(19)25-21/h1-16,23-24H,17H2. The van der Waals surface area contributed by atoms with Gasteiger partial charge < -0.3 is 5.32 Å². The van der Waals surface area contributed by atoms with Gasteiger partial charge in [-0.3, -0.25) is 4.98 Å². The maximum Gasteiger partial charge on any atom is 0.0705 e. The smallest absolute Gasteiger partial charge is 0.0705 e. The third-order valence-electron chi connectivity index (χ3n) is 4.39. The van der Waals surface area contributed by atoms with Crippen molar-refractivity contribution in [3.8, 4) is 0 Å². The SMILES string of the molecule is c1ccc(NC(Cc2ccc3ccccc3n2)c2ccccc2)cc1. The van der Waals surface area contributed by atoms with E-state index < -0.39 is 0 Å². The molecule has 0 aliphatic rings. The summed E-state index contributed by atoms with van der Waals surface area (Å²) in [7, 11) is 0. The van der Waals surface area contributed by atoms with Crippen molar-refractivity contribution in [1.82, 2.24) is 4.98 Å². The minimum atomic E-state index is 0.178. The van der Waals surface area contributed by atoms with Crippen LogP contribution >= 0.6 is 0 Å². The van der Waals surface area contributed by atoms with Crippen LogP contribution < -0.4 is 5.32 Å². The normalized spacial score (nSPS) is 12.0. The summed E-state index contributed by atoms with van der Waals surface area (Å²) >= 11 is 0. The van der Waals surface area contributed by atoms with Crippen LogP contribution in [0.1, 0.15) is 17.3 Å². The highest BCUT2D eigenvalue weighted by molar-refractivity contribution is 5.78. The van der Waals surface area contributed by atoms with Crippen LogP contribution in [0.2, 0.25) is 0 Å². The van der Waals surface area contributed by atoms with E-state index >= 15 is 0 Å². The molecule has 2 heteroatoms. The van der Waals surface area contributed by atoms with Gasteiger partial charge in [0.2, 0.25) is 0 Å². The van der Waals surface area contributed by atoms with Crippen LogP contribution in [0.5, 0.6) is 0 Å². The van der Waals surface area contributed by atoms with Crippen LogP contribution in [0, 0.1) is 0 Å². The molecule has 1 N–H and O–H groups in total. The van der Waals surface area contributed by atoms with E-state index in [1.807, 2.05) is 18.2 Å². The third kappa shape index (κ3) is 3.69. The van der Waals surface area contributed by atoms with E-state index in [4.69, 9.17) is 4.98 Å². The largest absolute Gasteiger partial charge is 0.378 e. The number of benzene rings is 3. The number of aromatic nitrogens is 1. The van der Waals surface area contributed by atoms with Crippen molar-refractivity contribution >= 4 is 16.6 Å². The summed E-state index contributed by atoms with van der Waals surface area (Å²) in [4.78, 5) is 4.84. The first kappa shape index (κ1) is 15.4. The van der Waals surface area contributed by atoms with Crippen molar-refractivity contribution in [2.45, 2.75) is 12.5 Å². The Morgan fingerprint density at radius 2 is 1.36 bits per heavy atom. The molecule has 0 saturated heterocycles. The third-order valence-corrected chi connectivity index (χ3v) is 4.39. The molecule has 0 aliphatic carbocycles. The van der Waals surface area contributed by atoms with E-state index in [0.717, 1.165) is 23.3 Å². The first-order valence-electron chi connectivity index (χ1n) is 8.60. The quantitative estimate of drug-likeness (QED) is 0.514.